The van der Waals surface area contributed by atoms with Gasteiger partial charge in [-0.2, -0.15) is 0 Å². The Labute approximate surface area is 108 Å². The number of rotatable bonds is 3. The molecule has 0 saturated carbocycles. The molecule has 1 aliphatic rings. The zero-order valence-electron chi connectivity index (χ0n) is 9.35. The minimum absolute atomic E-state index is 0.551. The molecule has 17 heavy (non-hydrogen) atoms. The van der Waals surface area contributed by atoms with E-state index in [1.54, 1.807) is 11.8 Å². The third kappa shape index (κ3) is 2.45. The van der Waals surface area contributed by atoms with Gasteiger partial charge in [0.15, 0.2) is 0 Å². The Bertz CT molecular complexity index is 536. The Morgan fingerprint density at radius 1 is 1.24 bits per heavy atom. The monoisotopic (exact) mass is 263 g/mol. The van der Waals surface area contributed by atoms with E-state index in [9.17, 15) is 0 Å². The summed E-state index contributed by atoms with van der Waals surface area (Å²) in [5, 5.41) is 9.39. The van der Waals surface area contributed by atoms with Crippen molar-refractivity contribution in [3.63, 3.8) is 0 Å². The largest absolute Gasteiger partial charge is 0.374 e. The summed E-state index contributed by atoms with van der Waals surface area (Å²) < 4.78 is 0. The van der Waals surface area contributed by atoms with Crippen LogP contribution in [-0.4, -0.2) is 10.2 Å². The number of hydrogen-bond donors (Lipinski definition) is 1. The molecule has 0 atom stereocenters. The van der Waals surface area contributed by atoms with Crippen LogP contribution in [0.15, 0.2) is 23.1 Å². The number of aryl methyl sites for hydroxylation is 2. The van der Waals surface area contributed by atoms with Crippen molar-refractivity contribution in [3.05, 3.63) is 34.3 Å². The minimum atomic E-state index is 0.551. The molecule has 2 N–H and O–H groups in total. The van der Waals surface area contributed by atoms with Crippen molar-refractivity contribution in [1.82, 2.24) is 10.2 Å². The van der Waals surface area contributed by atoms with Gasteiger partial charge in [0.05, 0.1) is 5.75 Å². The van der Waals surface area contributed by atoms with E-state index in [2.05, 4.69) is 28.4 Å². The summed E-state index contributed by atoms with van der Waals surface area (Å²) in [5.74, 6) is 0.855. The molecule has 0 saturated heterocycles. The van der Waals surface area contributed by atoms with Crippen molar-refractivity contribution in [1.29, 1.82) is 0 Å². The molecule has 2 aromatic rings. The summed E-state index contributed by atoms with van der Waals surface area (Å²) in [6, 6.07) is 6.79. The Balaban J connectivity index is 1.69. The van der Waals surface area contributed by atoms with Gasteiger partial charge in [-0.05, 0) is 42.5 Å². The number of thioether (sulfide) groups is 1. The fourth-order valence-corrected chi connectivity index (χ4v) is 3.66. The molecule has 0 spiro atoms. The van der Waals surface area contributed by atoms with Gasteiger partial charge in [-0.15, -0.1) is 22.0 Å². The van der Waals surface area contributed by atoms with Crippen molar-refractivity contribution in [2.45, 2.75) is 29.9 Å². The Hall–Kier alpha value is -1.07. The fourth-order valence-electron chi connectivity index (χ4n) is 2.11. The second kappa shape index (κ2) is 4.66. The first-order chi connectivity index (χ1) is 8.31. The predicted octanol–water partition coefficient (Wildman–Crippen LogP) is 2.90. The zero-order valence-corrected chi connectivity index (χ0v) is 11.0. The maximum Gasteiger partial charge on any atom is 0.203 e. The quantitative estimate of drug-likeness (QED) is 0.865. The summed E-state index contributed by atoms with van der Waals surface area (Å²) >= 11 is 3.27. The highest BCUT2D eigenvalue weighted by Crippen LogP contribution is 2.30. The van der Waals surface area contributed by atoms with Crippen molar-refractivity contribution in [3.8, 4) is 0 Å². The van der Waals surface area contributed by atoms with E-state index in [-0.39, 0.29) is 0 Å². The first-order valence-corrected chi connectivity index (χ1v) is 7.44. The van der Waals surface area contributed by atoms with E-state index in [0.29, 0.717) is 5.13 Å². The molecule has 1 aliphatic carbocycles. The standard InChI is InChI=1S/C12H13N3S2/c13-12-15-14-11(17-12)7-16-10-5-4-8-2-1-3-9(8)6-10/h4-6H,1-3,7H2,(H2,13,15). The lowest BCUT2D eigenvalue weighted by atomic mass is 10.1. The number of hydrogen-bond acceptors (Lipinski definition) is 5. The molecule has 0 fully saturated rings. The van der Waals surface area contributed by atoms with E-state index < -0.39 is 0 Å². The molecule has 1 heterocycles. The number of nitrogens with zero attached hydrogens (tertiary/aromatic N) is 2. The number of anilines is 1. The van der Waals surface area contributed by atoms with Crippen LogP contribution in [-0.2, 0) is 18.6 Å². The summed E-state index contributed by atoms with van der Waals surface area (Å²) in [5.41, 5.74) is 8.60. The topological polar surface area (TPSA) is 51.8 Å². The van der Waals surface area contributed by atoms with E-state index in [4.69, 9.17) is 5.73 Å². The van der Waals surface area contributed by atoms with E-state index in [0.717, 1.165) is 10.8 Å². The van der Waals surface area contributed by atoms with Crippen LogP contribution in [0.2, 0.25) is 0 Å². The molecule has 3 rings (SSSR count). The predicted molar refractivity (Wildman–Crippen MR) is 72.3 cm³/mol. The lowest BCUT2D eigenvalue weighted by molar-refractivity contribution is 0.911. The minimum Gasteiger partial charge on any atom is -0.374 e. The molecule has 3 nitrogen and oxygen atoms in total. The second-order valence-electron chi connectivity index (χ2n) is 4.11. The highest BCUT2D eigenvalue weighted by Gasteiger charge is 2.11. The van der Waals surface area contributed by atoms with Crippen LogP contribution in [0.1, 0.15) is 22.6 Å². The van der Waals surface area contributed by atoms with Crippen molar-refractivity contribution >= 4 is 28.2 Å². The summed E-state index contributed by atoms with van der Waals surface area (Å²) in [6.07, 6.45) is 3.78. The molecule has 0 bridgehead atoms. The van der Waals surface area contributed by atoms with Gasteiger partial charge in [0, 0.05) is 4.90 Å². The lowest BCUT2D eigenvalue weighted by Gasteiger charge is -2.03. The molecule has 0 aliphatic heterocycles. The number of nitrogen functional groups attached to an aromatic ring is 1. The number of fused-ring (bicyclic) bond motifs is 1. The normalized spacial score (nSPS) is 13.9. The smallest absolute Gasteiger partial charge is 0.203 e. The van der Waals surface area contributed by atoms with Gasteiger partial charge in [0.25, 0.3) is 0 Å². The molecule has 5 heteroatoms. The third-order valence-corrected chi connectivity index (χ3v) is 4.85. The fraction of sp³-hybridized carbons (Fsp3) is 0.333. The third-order valence-electron chi connectivity index (χ3n) is 2.91. The molecule has 0 amide bonds. The first-order valence-electron chi connectivity index (χ1n) is 5.64. The molecule has 0 radical (unpaired) electrons. The van der Waals surface area contributed by atoms with Crippen LogP contribution in [0.4, 0.5) is 5.13 Å². The van der Waals surface area contributed by atoms with Gasteiger partial charge in [-0.1, -0.05) is 17.4 Å². The van der Waals surface area contributed by atoms with E-state index in [1.165, 1.54) is 46.6 Å². The molecule has 1 aromatic carbocycles. The van der Waals surface area contributed by atoms with E-state index >= 15 is 0 Å². The Morgan fingerprint density at radius 2 is 2.12 bits per heavy atom. The second-order valence-corrected chi connectivity index (χ2v) is 6.25. The Kier molecular flexibility index (Phi) is 3.03. The highest BCUT2D eigenvalue weighted by atomic mass is 32.2. The zero-order chi connectivity index (χ0) is 11.7. The van der Waals surface area contributed by atoms with Gasteiger partial charge in [0.2, 0.25) is 5.13 Å². The van der Waals surface area contributed by atoms with Crippen LogP contribution >= 0.6 is 23.1 Å². The van der Waals surface area contributed by atoms with Crippen LogP contribution in [0.5, 0.6) is 0 Å². The van der Waals surface area contributed by atoms with Gasteiger partial charge < -0.3 is 5.73 Å². The summed E-state index contributed by atoms with van der Waals surface area (Å²) in [7, 11) is 0. The van der Waals surface area contributed by atoms with Crippen molar-refractivity contribution < 1.29 is 0 Å². The molecular formula is C12H13N3S2. The molecule has 1 aromatic heterocycles. The number of nitrogens with two attached hydrogens (primary N) is 1. The van der Waals surface area contributed by atoms with Crippen LogP contribution in [0.3, 0.4) is 0 Å². The average molecular weight is 263 g/mol. The van der Waals surface area contributed by atoms with Gasteiger partial charge in [-0.3, -0.25) is 0 Å². The molecule has 0 unspecified atom stereocenters. The SMILES string of the molecule is Nc1nnc(CSc2ccc3c(c2)CCC3)s1. The maximum absolute atomic E-state index is 5.56. The van der Waals surface area contributed by atoms with Crippen LogP contribution in [0, 0.1) is 0 Å². The molecule has 88 valence electrons. The van der Waals surface area contributed by atoms with E-state index in [1.807, 2.05) is 0 Å². The lowest BCUT2D eigenvalue weighted by Crippen LogP contribution is -1.84. The molecular weight excluding hydrogens is 250 g/mol. The average Bonchev–Trinajstić information content (AvgIpc) is 2.94. The van der Waals surface area contributed by atoms with Gasteiger partial charge in [0.1, 0.15) is 5.01 Å². The van der Waals surface area contributed by atoms with Crippen molar-refractivity contribution in [2.24, 2.45) is 0 Å². The first kappa shape index (κ1) is 11.0. The van der Waals surface area contributed by atoms with Crippen molar-refractivity contribution in [2.75, 3.05) is 5.73 Å². The summed E-state index contributed by atoms with van der Waals surface area (Å²) in [6.45, 7) is 0. The van der Waals surface area contributed by atoms with Crippen LogP contribution < -0.4 is 5.73 Å². The highest BCUT2D eigenvalue weighted by molar-refractivity contribution is 7.98. The maximum atomic E-state index is 5.56. The summed E-state index contributed by atoms with van der Waals surface area (Å²) in [4.78, 5) is 1.32. The Morgan fingerprint density at radius 3 is 2.94 bits per heavy atom. The number of benzene rings is 1. The van der Waals surface area contributed by atoms with Crippen LogP contribution in [0.25, 0.3) is 0 Å². The van der Waals surface area contributed by atoms with Gasteiger partial charge in [-0.25, -0.2) is 0 Å². The van der Waals surface area contributed by atoms with Gasteiger partial charge >= 0.3 is 0 Å². The number of aromatic nitrogens is 2.